The minimum Gasteiger partial charge on any atom is -0.307 e. The van der Waals surface area contributed by atoms with Crippen LogP contribution in [0.15, 0.2) is 27.7 Å². The van der Waals surface area contributed by atoms with Gasteiger partial charge < -0.3 is 4.98 Å². The molecule has 0 aliphatic heterocycles. The molecule has 5 heteroatoms. The summed E-state index contributed by atoms with van der Waals surface area (Å²) in [4.78, 5) is 13.5. The number of nitrogens with one attached hydrogen (secondary N) is 1. The molecule has 0 unspecified atom stereocenters. The van der Waals surface area contributed by atoms with E-state index in [4.69, 9.17) is 0 Å². The van der Waals surface area contributed by atoms with E-state index in [9.17, 15) is 4.79 Å². The summed E-state index contributed by atoms with van der Waals surface area (Å²) in [5, 5.41) is 3.96. The highest BCUT2D eigenvalue weighted by Crippen LogP contribution is 2.06. The van der Waals surface area contributed by atoms with Crippen LogP contribution < -0.4 is 5.56 Å². The van der Waals surface area contributed by atoms with E-state index < -0.39 is 0 Å². The topological polar surface area (TPSA) is 50.2 Å². The second-order valence-corrected chi connectivity index (χ2v) is 2.90. The van der Waals surface area contributed by atoms with Gasteiger partial charge in [-0.2, -0.15) is 5.10 Å². The van der Waals surface area contributed by atoms with Crippen LogP contribution in [0.2, 0.25) is 0 Å². The molecule has 56 valence electrons. The zero-order valence-electron chi connectivity index (χ0n) is 5.41. The molecular formula is C6H4BrN3O. The first kappa shape index (κ1) is 6.60. The Balaban J connectivity index is 3.02. The van der Waals surface area contributed by atoms with Gasteiger partial charge in [-0.05, 0) is 15.9 Å². The molecule has 0 aliphatic carbocycles. The van der Waals surface area contributed by atoms with Gasteiger partial charge in [-0.1, -0.05) is 0 Å². The van der Waals surface area contributed by atoms with Crippen molar-refractivity contribution in [1.82, 2.24) is 14.6 Å². The highest BCUT2D eigenvalue weighted by molar-refractivity contribution is 9.10. The van der Waals surface area contributed by atoms with Crippen molar-refractivity contribution in [3.05, 3.63) is 33.3 Å². The molecule has 4 nitrogen and oxygen atoms in total. The summed E-state index contributed by atoms with van der Waals surface area (Å²) in [5.41, 5.74) is 0.550. The summed E-state index contributed by atoms with van der Waals surface area (Å²) in [5.74, 6) is 0. The standard InChI is InChI=1S/C6H4BrN3O/c7-4-3-6(11)9-5-1-2-8-10(4)5/h1-3H,(H,9,11). The molecule has 2 rings (SSSR count). The van der Waals surface area contributed by atoms with Crippen molar-refractivity contribution in [2.45, 2.75) is 0 Å². The number of H-pyrrole nitrogens is 1. The Kier molecular flexibility index (Phi) is 1.32. The molecule has 0 bridgehead atoms. The van der Waals surface area contributed by atoms with Gasteiger partial charge in [0, 0.05) is 12.1 Å². The van der Waals surface area contributed by atoms with Crippen molar-refractivity contribution in [3.8, 4) is 0 Å². The summed E-state index contributed by atoms with van der Waals surface area (Å²) >= 11 is 3.21. The Morgan fingerprint density at radius 1 is 1.64 bits per heavy atom. The maximum absolute atomic E-state index is 10.9. The average molecular weight is 214 g/mol. The van der Waals surface area contributed by atoms with Crippen molar-refractivity contribution in [3.63, 3.8) is 0 Å². The van der Waals surface area contributed by atoms with Crippen LogP contribution in [-0.2, 0) is 0 Å². The quantitative estimate of drug-likeness (QED) is 0.659. The molecule has 2 heterocycles. The molecule has 2 aromatic rings. The third kappa shape index (κ3) is 0.970. The van der Waals surface area contributed by atoms with Crippen molar-refractivity contribution >= 4 is 21.6 Å². The van der Waals surface area contributed by atoms with Crippen molar-refractivity contribution < 1.29 is 0 Å². The van der Waals surface area contributed by atoms with Crippen molar-refractivity contribution in [2.75, 3.05) is 0 Å². The van der Waals surface area contributed by atoms with Crippen LogP contribution in [0.25, 0.3) is 5.65 Å². The lowest BCUT2D eigenvalue weighted by Crippen LogP contribution is -2.07. The highest BCUT2D eigenvalue weighted by atomic mass is 79.9. The molecule has 0 fully saturated rings. The van der Waals surface area contributed by atoms with Crippen molar-refractivity contribution in [1.29, 1.82) is 0 Å². The second-order valence-electron chi connectivity index (χ2n) is 2.08. The summed E-state index contributed by atoms with van der Waals surface area (Å²) in [6.45, 7) is 0. The van der Waals surface area contributed by atoms with Crippen LogP contribution in [0.3, 0.4) is 0 Å². The van der Waals surface area contributed by atoms with Gasteiger partial charge in [0.15, 0.2) is 0 Å². The average Bonchev–Trinajstić information content (AvgIpc) is 2.34. The number of rotatable bonds is 0. The summed E-state index contributed by atoms with van der Waals surface area (Å²) in [6, 6.07) is 3.16. The predicted octanol–water partition coefficient (Wildman–Crippen LogP) is 0.785. The molecular weight excluding hydrogens is 210 g/mol. The Hall–Kier alpha value is -1.10. The molecule has 0 atom stereocenters. The van der Waals surface area contributed by atoms with Gasteiger partial charge in [-0.3, -0.25) is 4.79 Å². The molecule has 1 N–H and O–H groups in total. The number of hydrogen-bond acceptors (Lipinski definition) is 2. The predicted molar refractivity (Wildman–Crippen MR) is 43.5 cm³/mol. The minimum absolute atomic E-state index is 0.134. The normalized spacial score (nSPS) is 10.6. The molecule has 0 spiro atoms. The first-order valence-electron chi connectivity index (χ1n) is 3.00. The van der Waals surface area contributed by atoms with E-state index in [1.165, 1.54) is 6.07 Å². The van der Waals surface area contributed by atoms with E-state index in [-0.39, 0.29) is 5.56 Å². The van der Waals surface area contributed by atoms with E-state index in [1.54, 1.807) is 16.8 Å². The van der Waals surface area contributed by atoms with Crippen LogP contribution in [0.4, 0.5) is 0 Å². The van der Waals surface area contributed by atoms with Crippen molar-refractivity contribution in [2.24, 2.45) is 0 Å². The van der Waals surface area contributed by atoms with Crippen LogP contribution in [-0.4, -0.2) is 14.6 Å². The Bertz CT molecular complexity index is 444. The van der Waals surface area contributed by atoms with Gasteiger partial charge in [-0.25, -0.2) is 4.52 Å². The SMILES string of the molecule is O=c1cc(Br)n2nccc2[nH]1. The smallest absolute Gasteiger partial charge is 0.252 e. The number of aromatic nitrogens is 3. The monoisotopic (exact) mass is 213 g/mol. The largest absolute Gasteiger partial charge is 0.307 e. The number of hydrogen-bond donors (Lipinski definition) is 1. The zero-order valence-corrected chi connectivity index (χ0v) is 7.00. The Morgan fingerprint density at radius 3 is 3.27 bits per heavy atom. The summed E-state index contributed by atoms with van der Waals surface area (Å²) < 4.78 is 2.25. The van der Waals surface area contributed by atoms with E-state index in [0.717, 1.165) is 0 Å². The zero-order chi connectivity index (χ0) is 7.84. The molecule has 11 heavy (non-hydrogen) atoms. The maximum atomic E-state index is 10.9. The first-order valence-corrected chi connectivity index (χ1v) is 3.79. The molecule has 0 aliphatic rings. The number of nitrogens with zero attached hydrogens (tertiary/aromatic N) is 2. The summed E-state index contributed by atoms with van der Waals surface area (Å²) in [7, 11) is 0. The van der Waals surface area contributed by atoms with E-state index in [1.807, 2.05) is 0 Å². The lowest BCUT2D eigenvalue weighted by Gasteiger charge is -1.93. The van der Waals surface area contributed by atoms with Gasteiger partial charge in [0.05, 0.1) is 6.20 Å². The Morgan fingerprint density at radius 2 is 2.45 bits per heavy atom. The minimum atomic E-state index is -0.134. The molecule has 0 aromatic carbocycles. The van der Waals surface area contributed by atoms with Crippen LogP contribution >= 0.6 is 15.9 Å². The molecule has 0 saturated heterocycles. The molecule has 2 aromatic heterocycles. The van der Waals surface area contributed by atoms with E-state index in [0.29, 0.717) is 10.3 Å². The fraction of sp³-hybridized carbons (Fsp3) is 0. The second kappa shape index (κ2) is 2.20. The number of aromatic amines is 1. The number of fused-ring (bicyclic) bond motifs is 1. The lowest BCUT2D eigenvalue weighted by molar-refractivity contribution is 0.906. The summed E-state index contributed by atoms with van der Waals surface area (Å²) in [6.07, 6.45) is 1.62. The lowest BCUT2D eigenvalue weighted by atomic mass is 10.6. The molecule has 0 saturated carbocycles. The number of halogens is 1. The van der Waals surface area contributed by atoms with E-state index >= 15 is 0 Å². The first-order chi connectivity index (χ1) is 5.27. The van der Waals surface area contributed by atoms with E-state index in [2.05, 4.69) is 26.0 Å². The third-order valence-corrected chi connectivity index (χ3v) is 1.91. The van der Waals surface area contributed by atoms with Gasteiger partial charge in [0.2, 0.25) is 0 Å². The molecule has 0 radical (unpaired) electrons. The Labute approximate surface area is 70.0 Å². The molecule has 0 amide bonds. The third-order valence-electron chi connectivity index (χ3n) is 1.35. The highest BCUT2D eigenvalue weighted by Gasteiger charge is 1.98. The van der Waals surface area contributed by atoms with Gasteiger partial charge >= 0.3 is 0 Å². The van der Waals surface area contributed by atoms with Crippen LogP contribution in [0.5, 0.6) is 0 Å². The fourth-order valence-electron chi connectivity index (χ4n) is 0.900. The van der Waals surface area contributed by atoms with Gasteiger partial charge in [0.25, 0.3) is 5.56 Å². The van der Waals surface area contributed by atoms with Crippen LogP contribution in [0, 0.1) is 0 Å². The van der Waals surface area contributed by atoms with Gasteiger partial charge in [0.1, 0.15) is 10.3 Å². The van der Waals surface area contributed by atoms with Gasteiger partial charge in [-0.15, -0.1) is 0 Å². The maximum Gasteiger partial charge on any atom is 0.252 e. The van der Waals surface area contributed by atoms with Crippen LogP contribution in [0.1, 0.15) is 0 Å². The fourth-order valence-corrected chi connectivity index (χ4v) is 1.39.